The number of epoxide rings is 1. The topological polar surface area (TPSA) is 42.1 Å². The molecule has 0 N–H and O–H groups in total. The molecule has 0 bridgehead atoms. The summed E-state index contributed by atoms with van der Waals surface area (Å²) in [7, 11) is 0. The SMILES string of the molecule is C=C1CCC2C(CN3CCCCC3)C(=O)OC2C2C1CC1OC12C. The molecule has 7 atom stereocenters. The van der Waals surface area contributed by atoms with Crippen LogP contribution in [0.5, 0.6) is 0 Å². The predicted octanol–water partition coefficient (Wildman–Crippen LogP) is 2.77. The fourth-order valence-corrected chi connectivity index (χ4v) is 6.19. The molecule has 3 saturated heterocycles. The van der Waals surface area contributed by atoms with E-state index in [4.69, 9.17) is 9.47 Å². The lowest BCUT2D eigenvalue weighted by atomic mass is 9.77. The second-order valence-corrected chi connectivity index (χ2v) is 8.89. The number of nitrogens with zero attached hydrogens (tertiary/aromatic N) is 1. The van der Waals surface area contributed by atoms with E-state index in [1.807, 2.05) is 0 Å². The molecule has 3 heterocycles. The molecule has 7 unspecified atom stereocenters. The zero-order valence-corrected chi connectivity index (χ0v) is 14.7. The third-order valence-corrected chi connectivity index (χ3v) is 7.62. The Kier molecular flexibility index (Phi) is 3.41. The molecule has 2 saturated carbocycles. The first-order valence-electron chi connectivity index (χ1n) is 9.86. The van der Waals surface area contributed by atoms with Gasteiger partial charge in [-0.25, -0.2) is 0 Å². The number of carbonyl (C=O) groups excluding carboxylic acids is 1. The Labute approximate surface area is 144 Å². The highest BCUT2D eigenvalue weighted by atomic mass is 16.6. The summed E-state index contributed by atoms with van der Waals surface area (Å²) in [6, 6.07) is 0. The number of ether oxygens (including phenoxy) is 2. The summed E-state index contributed by atoms with van der Waals surface area (Å²) in [4.78, 5) is 15.2. The monoisotopic (exact) mass is 331 g/mol. The average molecular weight is 331 g/mol. The number of allylic oxidation sites excluding steroid dienone is 1. The van der Waals surface area contributed by atoms with Gasteiger partial charge in [-0.1, -0.05) is 18.6 Å². The summed E-state index contributed by atoms with van der Waals surface area (Å²) < 4.78 is 12.0. The molecule has 24 heavy (non-hydrogen) atoms. The maximum atomic E-state index is 12.7. The molecular formula is C20H29NO3. The van der Waals surface area contributed by atoms with E-state index < -0.39 is 0 Å². The van der Waals surface area contributed by atoms with Crippen molar-refractivity contribution in [2.24, 2.45) is 23.7 Å². The summed E-state index contributed by atoms with van der Waals surface area (Å²) >= 11 is 0. The number of rotatable bonds is 2. The largest absolute Gasteiger partial charge is 0.461 e. The molecule has 0 amide bonds. The van der Waals surface area contributed by atoms with Gasteiger partial charge in [-0.15, -0.1) is 0 Å². The number of piperidine rings is 1. The maximum Gasteiger partial charge on any atom is 0.310 e. The summed E-state index contributed by atoms with van der Waals surface area (Å²) in [5, 5.41) is 0. The second kappa shape index (κ2) is 5.31. The molecule has 0 spiro atoms. The zero-order valence-electron chi connectivity index (χ0n) is 14.7. The van der Waals surface area contributed by atoms with Crippen molar-refractivity contribution in [2.75, 3.05) is 19.6 Å². The van der Waals surface area contributed by atoms with Crippen LogP contribution in [-0.4, -0.2) is 48.3 Å². The van der Waals surface area contributed by atoms with E-state index in [-0.39, 0.29) is 23.6 Å². The van der Waals surface area contributed by atoms with Gasteiger partial charge in [0.15, 0.2) is 0 Å². The molecule has 0 aromatic heterocycles. The van der Waals surface area contributed by atoms with Crippen LogP contribution in [0.3, 0.4) is 0 Å². The van der Waals surface area contributed by atoms with Gasteiger partial charge >= 0.3 is 5.97 Å². The van der Waals surface area contributed by atoms with Crippen LogP contribution in [0.25, 0.3) is 0 Å². The Morgan fingerprint density at radius 1 is 1.29 bits per heavy atom. The van der Waals surface area contributed by atoms with E-state index >= 15 is 0 Å². The normalized spacial score (nSPS) is 50.7. The Morgan fingerprint density at radius 2 is 2.08 bits per heavy atom. The van der Waals surface area contributed by atoms with Crippen LogP contribution < -0.4 is 0 Å². The van der Waals surface area contributed by atoms with Crippen molar-refractivity contribution < 1.29 is 14.3 Å². The van der Waals surface area contributed by atoms with Crippen molar-refractivity contribution in [1.82, 2.24) is 4.90 Å². The minimum absolute atomic E-state index is 0.0500. The summed E-state index contributed by atoms with van der Waals surface area (Å²) in [6.07, 6.45) is 7.47. The van der Waals surface area contributed by atoms with Gasteiger partial charge in [0.1, 0.15) is 6.10 Å². The van der Waals surface area contributed by atoms with Crippen molar-refractivity contribution in [1.29, 1.82) is 0 Å². The summed E-state index contributed by atoms with van der Waals surface area (Å²) in [6.45, 7) is 9.79. The molecule has 132 valence electrons. The van der Waals surface area contributed by atoms with Crippen molar-refractivity contribution in [3.8, 4) is 0 Å². The third-order valence-electron chi connectivity index (χ3n) is 7.62. The number of hydrogen-bond donors (Lipinski definition) is 0. The number of fused-ring (bicyclic) bond motifs is 5. The molecule has 3 aliphatic heterocycles. The summed E-state index contributed by atoms with van der Waals surface area (Å²) in [5.74, 6) is 1.28. The lowest BCUT2D eigenvalue weighted by molar-refractivity contribution is -0.147. The minimum atomic E-state index is -0.0683. The van der Waals surface area contributed by atoms with Crippen molar-refractivity contribution in [3.63, 3.8) is 0 Å². The highest BCUT2D eigenvalue weighted by Gasteiger charge is 2.71. The Hall–Kier alpha value is -0.870. The Balaban J connectivity index is 1.40. The molecule has 0 aromatic rings. The molecule has 5 aliphatic rings. The van der Waals surface area contributed by atoms with Crippen molar-refractivity contribution in [3.05, 3.63) is 12.2 Å². The zero-order chi connectivity index (χ0) is 16.5. The van der Waals surface area contributed by atoms with E-state index in [2.05, 4.69) is 18.4 Å². The van der Waals surface area contributed by atoms with Gasteiger partial charge in [0.05, 0.1) is 17.6 Å². The maximum absolute atomic E-state index is 12.7. The van der Waals surface area contributed by atoms with Crippen LogP contribution in [0.15, 0.2) is 12.2 Å². The first kappa shape index (κ1) is 15.4. The van der Waals surface area contributed by atoms with Crippen LogP contribution in [-0.2, 0) is 14.3 Å². The average Bonchev–Trinajstić information content (AvgIpc) is 3.05. The minimum Gasteiger partial charge on any atom is -0.461 e. The first-order valence-corrected chi connectivity index (χ1v) is 9.86. The molecule has 4 heteroatoms. The standard InChI is InChI=1S/C20H29NO3/c1-12-6-7-13-15(11-21-8-4-3-5-9-21)19(22)23-18(13)17-14(12)10-16-20(17,2)24-16/h13-18H,1,3-11H2,2H3. The van der Waals surface area contributed by atoms with Gasteiger partial charge in [0, 0.05) is 18.4 Å². The van der Waals surface area contributed by atoms with E-state index in [1.54, 1.807) is 0 Å². The van der Waals surface area contributed by atoms with Crippen LogP contribution in [0.2, 0.25) is 0 Å². The van der Waals surface area contributed by atoms with Gasteiger partial charge in [0.2, 0.25) is 0 Å². The molecule has 4 nitrogen and oxygen atoms in total. The molecule has 5 rings (SSSR count). The third kappa shape index (κ3) is 2.15. The highest BCUT2D eigenvalue weighted by Crippen LogP contribution is 2.63. The number of hydrogen-bond acceptors (Lipinski definition) is 4. The quantitative estimate of drug-likeness (QED) is 0.443. The van der Waals surface area contributed by atoms with Crippen LogP contribution in [0.1, 0.15) is 45.4 Å². The Morgan fingerprint density at radius 3 is 2.88 bits per heavy atom. The number of likely N-dealkylation sites (tertiary alicyclic amines) is 1. The molecule has 0 radical (unpaired) electrons. The van der Waals surface area contributed by atoms with E-state index in [1.165, 1.54) is 24.8 Å². The lowest BCUT2D eigenvalue weighted by Crippen LogP contribution is -2.40. The Bertz CT molecular complexity index is 569. The van der Waals surface area contributed by atoms with Crippen molar-refractivity contribution in [2.45, 2.75) is 63.3 Å². The molecular weight excluding hydrogens is 302 g/mol. The predicted molar refractivity (Wildman–Crippen MR) is 90.4 cm³/mol. The van der Waals surface area contributed by atoms with Gasteiger partial charge < -0.3 is 14.4 Å². The first-order chi connectivity index (χ1) is 11.6. The fraction of sp³-hybridized carbons (Fsp3) is 0.850. The van der Waals surface area contributed by atoms with Gasteiger partial charge in [-0.2, -0.15) is 0 Å². The smallest absolute Gasteiger partial charge is 0.310 e. The van der Waals surface area contributed by atoms with E-state index in [0.29, 0.717) is 23.9 Å². The van der Waals surface area contributed by atoms with Crippen LogP contribution in [0.4, 0.5) is 0 Å². The van der Waals surface area contributed by atoms with Gasteiger partial charge in [-0.3, -0.25) is 4.79 Å². The lowest BCUT2D eigenvalue weighted by Gasteiger charge is -2.32. The van der Waals surface area contributed by atoms with Crippen molar-refractivity contribution >= 4 is 5.97 Å². The molecule has 2 aliphatic carbocycles. The van der Waals surface area contributed by atoms with Crippen LogP contribution in [0, 0.1) is 23.7 Å². The van der Waals surface area contributed by atoms with Gasteiger partial charge in [-0.05, 0) is 58.0 Å². The molecule has 5 fully saturated rings. The highest BCUT2D eigenvalue weighted by molar-refractivity contribution is 5.75. The van der Waals surface area contributed by atoms with Crippen LogP contribution >= 0.6 is 0 Å². The number of carbonyl (C=O) groups is 1. The second-order valence-electron chi connectivity index (χ2n) is 8.89. The van der Waals surface area contributed by atoms with Gasteiger partial charge in [0.25, 0.3) is 0 Å². The molecule has 0 aromatic carbocycles. The number of esters is 1. The fourth-order valence-electron chi connectivity index (χ4n) is 6.19. The van der Waals surface area contributed by atoms with E-state index in [9.17, 15) is 4.79 Å². The summed E-state index contributed by atoms with van der Waals surface area (Å²) in [5.41, 5.74) is 1.31. The van der Waals surface area contributed by atoms with E-state index in [0.717, 1.165) is 38.9 Å².